The number of hydrogen-bond acceptors (Lipinski definition) is 4. The Morgan fingerprint density at radius 2 is 1.67 bits per heavy atom. The Morgan fingerprint density at radius 1 is 0.926 bits per heavy atom. The second-order valence-corrected chi connectivity index (χ2v) is 6.97. The maximum atomic E-state index is 12.0. The van der Waals surface area contributed by atoms with Gasteiger partial charge in [-0.15, -0.1) is 0 Å². The van der Waals surface area contributed by atoms with E-state index in [9.17, 15) is 9.59 Å². The van der Waals surface area contributed by atoms with Gasteiger partial charge in [-0.05, 0) is 50.5 Å². The zero-order valence-corrected chi connectivity index (χ0v) is 16.2. The first-order valence-corrected chi connectivity index (χ1v) is 9.47. The standard InChI is InChI=1S/C23H26N2O2/c1-4-25(19-8-5-7-17(3)15-19)14-6-13-24-21-20(22(26)23(21)27)18-11-9-16(2)10-12-18/h5,7-12,15,24H,4,6,13-14H2,1-3H3. The summed E-state index contributed by atoms with van der Waals surface area (Å²) in [7, 11) is 0. The van der Waals surface area contributed by atoms with E-state index in [4.69, 9.17) is 0 Å². The van der Waals surface area contributed by atoms with E-state index in [0.29, 0.717) is 17.8 Å². The monoisotopic (exact) mass is 362 g/mol. The molecular weight excluding hydrogens is 336 g/mol. The van der Waals surface area contributed by atoms with E-state index in [2.05, 4.69) is 48.3 Å². The molecule has 0 aromatic heterocycles. The normalized spacial score (nSPS) is 10.9. The van der Waals surface area contributed by atoms with Crippen LogP contribution in [0.5, 0.6) is 0 Å². The summed E-state index contributed by atoms with van der Waals surface area (Å²) in [5.41, 5.74) is 4.58. The third kappa shape index (κ3) is 4.11. The number of benzene rings is 2. The van der Waals surface area contributed by atoms with Gasteiger partial charge in [0.05, 0.1) is 11.3 Å². The molecule has 0 aliphatic heterocycles. The minimum absolute atomic E-state index is 0.392. The van der Waals surface area contributed by atoms with Crippen LogP contribution < -0.4 is 21.1 Å². The number of hydrogen-bond donors (Lipinski definition) is 1. The van der Waals surface area contributed by atoms with Gasteiger partial charge in [-0.2, -0.15) is 0 Å². The predicted molar refractivity (Wildman–Crippen MR) is 114 cm³/mol. The third-order valence-electron chi connectivity index (χ3n) is 4.91. The van der Waals surface area contributed by atoms with Crippen LogP contribution in [0.2, 0.25) is 0 Å². The topological polar surface area (TPSA) is 49.4 Å². The van der Waals surface area contributed by atoms with Gasteiger partial charge in [0, 0.05) is 25.3 Å². The summed E-state index contributed by atoms with van der Waals surface area (Å²) in [4.78, 5) is 26.3. The smallest absolute Gasteiger partial charge is 0.250 e. The lowest BCUT2D eigenvalue weighted by atomic mass is 9.97. The lowest BCUT2D eigenvalue weighted by Gasteiger charge is -2.24. The highest BCUT2D eigenvalue weighted by Crippen LogP contribution is 2.24. The molecule has 1 N–H and O–H groups in total. The highest BCUT2D eigenvalue weighted by molar-refractivity contribution is 5.81. The Bertz CT molecular complexity index is 983. The fourth-order valence-corrected chi connectivity index (χ4v) is 3.33. The van der Waals surface area contributed by atoms with Crippen LogP contribution in [0.25, 0.3) is 11.1 Å². The average Bonchev–Trinajstić information content (AvgIpc) is 2.67. The predicted octanol–water partition coefficient (Wildman–Crippen LogP) is 3.89. The van der Waals surface area contributed by atoms with Gasteiger partial charge in [0.2, 0.25) is 10.9 Å². The molecule has 0 bridgehead atoms. The quantitative estimate of drug-likeness (QED) is 0.488. The molecule has 4 nitrogen and oxygen atoms in total. The van der Waals surface area contributed by atoms with Gasteiger partial charge in [-0.25, -0.2) is 0 Å². The van der Waals surface area contributed by atoms with Crippen molar-refractivity contribution >= 4 is 11.4 Å². The number of nitrogens with one attached hydrogen (secondary N) is 1. The van der Waals surface area contributed by atoms with E-state index in [1.54, 1.807) is 0 Å². The van der Waals surface area contributed by atoms with E-state index in [1.165, 1.54) is 11.3 Å². The molecule has 0 fully saturated rings. The van der Waals surface area contributed by atoms with Crippen molar-refractivity contribution in [3.63, 3.8) is 0 Å². The second-order valence-electron chi connectivity index (χ2n) is 6.97. The molecule has 0 radical (unpaired) electrons. The SMILES string of the molecule is CCN(CCCNc1c(-c2ccc(C)cc2)c(=O)c1=O)c1cccc(C)c1. The van der Waals surface area contributed by atoms with Crippen molar-refractivity contribution < 1.29 is 0 Å². The summed E-state index contributed by atoms with van der Waals surface area (Å²) < 4.78 is 0. The van der Waals surface area contributed by atoms with Gasteiger partial charge >= 0.3 is 0 Å². The van der Waals surface area contributed by atoms with Gasteiger partial charge in [0.25, 0.3) is 0 Å². The highest BCUT2D eigenvalue weighted by atomic mass is 16.2. The molecule has 0 atom stereocenters. The Balaban J connectivity index is 1.61. The molecule has 27 heavy (non-hydrogen) atoms. The number of rotatable bonds is 8. The second kappa shape index (κ2) is 8.21. The van der Waals surface area contributed by atoms with Gasteiger partial charge in [0.15, 0.2) is 0 Å². The number of nitrogens with zero attached hydrogens (tertiary/aromatic N) is 1. The summed E-state index contributed by atoms with van der Waals surface area (Å²) >= 11 is 0. The molecule has 4 heteroatoms. The fraction of sp³-hybridized carbons (Fsp3) is 0.304. The van der Waals surface area contributed by atoms with E-state index >= 15 is 0 Å². The molecule has 3 rings (SSSR count). The summed E-state index contributed by atoms with van der Waals surface area (Å²) in [6.07, 6.45) is 0.883. The molecule has 140 valence electrons. The first-order chi connectivity index (χ1) is 13.0. The first-order valence-electron chi connectivity index (χ1n) is 9.47. The van der Waals surface area contributed by atoms with E-state index < -0.39 is 10.9 Å². The van der Waals surface area contributed by atoms with Crippen LogP contribution in [0.1, 0.15) is 24.5 Å². The van der Waals surface area contributed by atoms with Crippen LogP contribution in [-0.2, 0) is 0 Å². The average molecular weight is 362 g/mol. The number of aryl methyl sites for hydroxylation is 2. The minimum Gasteiger partial charge on any atom is -0.381 e. The van der Waals surface area contributed by atoms with Gasteiger partial charge in [-0.1, -0.05) is 42.0 Å². The molecule has 0 spiro atoms. The fourth-order valence-electron chi connectivity index (χ4n) is 3.33. The van der Waals surface area contributed by atoms with Crippen LogP contribution in [0.4, 0.5) is 11.4 Å². The molecule has 0 saturated carbocycles. The summed E-state index contributed by atoms with van der Waals surface area (Å²) in [6.45, 7) is 8.71. The van der Waals surface area contributed by atoms with E-state index in [-0.39, 0.29) is 0 Å². The zero-order valence-electron chi connectivity index (χ0n) is 16.2. The minimum atomic E-state index is -0.406. The van der Waals surface area contributed by atoms with Crippen molar-refractivity contribution in [2.24, 2.45) is 0 Å². The maximum absolute atomic E-state index is 12.0. The van der Waals surface area contributed by atoms with Crippen LogP contribution in [-0.4, -0.2) is 19.6 Å². The maximum Gasteiger partial charge on any atom is 0.250 e. The molecule has 0 aliphatic rings. The Labute approximate surface area is 160 Å². The molecule has 3 aromatic carbocycles. The van der Waals surface area contributed by atoms with Gasteiger partial charge in [0.1, 0.15) is 0 Å². The first kappa shape index (κ1) is 18.9. The molecular formula is C23H26N2O2. The van der Waals surface area contributed by atoms with Crippen molar-refractivity contribution in [3.05, 3.63) is 80.1 Å². The van der Waals surface area contributed by atoms with E-state index in [1.807, 2.05) is 31.2 Å². The zero-order chi connectivity index (χ0) is 19.4. The van der Waals surface area contributed by atoms with E-state index in [0.717, 1.165) is 30.6 Å². The van der Waals surface area contributed by atoms with Crippen molar-refractivity contribution in [1.29, 1.82) is 0 Å². The molecule has 3 aromatic rings. The molecule has 0 amide bonds. The Morgan fingerprint density at radius 3 is 2.33 bits per heavy atom. The lowest BCUT2D eigenvalue weighted by Crippen LogP contribution is -2.36. The van der Waals surface area contributed by atoms with Gasteiger partial charge in [-0.3, -0.25) is 9.59 Å². The summed E-state index contributed by atoms with van der Waals surface area (Å²) in [6, 6.07) is 16.2. The Kier molecular flexibility index (Phi) is 5.75. The third-order valence-corrected chi connectivity index (χ3v) is 4.91. The van der Waals surface area contributed by atoms with Crippen molar-refractivity contribution in [2.45, 2.75) is 27.2 Å². The summed E-state index contributed by atoms with van der Waals surface area (Å²) in [5.74, 6) is 0. The van der Waals surface area contributed by atoms with Crippen molar-refractivity contribution in [1.82, 2.24) is 0 Å². The lowest BCUT2D eigenvalue weighted by molar-refractivity contribution is 0.768. The van der Waals surface area contributed by atoms with Gasteiger partial charge < -0.3 is 10.2 Å². The molecule has 0 aliphatic carbocycles. The largest absolute Gasteiger partial charge is 0.381 e. The van der Waals surface area contributed by atoms with Crippen LogP contribution in [0, 0.1) is 13.8 Å². The Hall–Kier alpha value is -2.88. The van der Waals surface area contributed by atoms with Crippen LogP contribution >= 0.6 is 0 Å². The van der Waals surface area contributed by atoms with Crippen LogP contribution in [0.15, 0.2) is 58.1 Å². The van der Waals surface area contributed by atoms with Crippen molar-refractivity contribution in [3.8, 4) is 11.1 Å². The molecule has 0 unspecified atom stereocenters. The summed E-state index contributed by atoms with van der Waals surface area (Å²) in [5, 5.41) is 3.19. The molecule has 0 heterocycles. The van der Waals surface area contributed by atoms with Crippen LogP contribution in [0.3, 0.4) is 0 Å². The number of anilines is 2. The van der Waals surface area contributed by atoms with Crippen molar-refractivity contribution in [2.75, 3.05) is 29.9 Å². The molecule has 0 saturated heterocycles. The highest BCUT2D eigenvalue weighted by Gasteiger charge is 2.21.